The van der Waals surface area contributed by atoms with Crippen LogP contribution in [0.15, 0.2) is 18.2 Å². The molecule has 0 aromatic heterocycles. The number of ether oxygens (including phenoxy) is 1. The van der Waals surface area contributed by atoms with Crippen molar-refractivity contribution in [1.82, 2.24) is 0 Å². The predicted octanol–water partition coefficient (Wildman–Crippen LogP) is 1.94. The van der Waals surface area contributed by atoms with Crippen LogP contribution in [0.25, 0.3) is 0 Å². The van der Waals surface area contributed by atoms with Gasteiger partial charge in [-0.1, -0.05) is 12.1 Å². The number of halogens is 3. The third-order valence-corrected chi connectivity index (χ3v) is 2.20. The Bertz CT molecular complexity index is 477. The van der Waals surface area contributed by atoms with E-state index in [1.54, 1.807) is 0 Å². The SMILES string of the molecule is O=C1Cc2cccc(C(F)(F)F)c2C(=O)O1. The quantitative estimate of drug-likeness (QED) is 0.505. The molecule has 1 aliphatic rings. The summed E-state index contributed by atoms with van der Waals surface area (Å²) in [5, 5.41) is 0. The van der Waals surface area contributed by atoms with Crippen LogP contribution in [0.3, 0.4) is 0 Å². The maximum atomic E-state index is 12.6. The van der Waals surface area contributed by atoms with Gasteiger partial charge in [0, 0.05) is 0 Å². The molecule has 3 nitrogen and oxygen atoms in total. The Balaban J connectivity index is 2.64. The lowest BCUT2D eigenvalue weighted by Gasteiger charge is -2.18. The van der Waals surface area contributed by atoms with E-state index in [0.717, 1.165) is 12.1 Å². The Morgan fingerprint density at radius 1 is 1.19 bits per heavy atom. The van der Waals surface area contributed by atoms with Gasteiger partial charge in [0.2, 0.25) is 0 Å². The van der Waals surface area contributed by atoms with E-state index in [2.05, 4.69) is 4.74 Å². The second-order valence-corrected chi connectivity index (χ2v) is 3.28. The summed E-state index contributed by atoms with van der Waals surface area (Å²) in [6.07, 6.45) is -4.95. The molecule has 0 unspecified atom stereocenters. The van der Waals surface area contributed by atoms with E-state index >= 15 is 0 Å². The van der Waals surface area contributed by atoms with Crippen LogP contribution in [0.2, 0.25) is 0 Å². The lowest BCUT2D eigenvalue weighted by atomic mass is 9.97. The van der Waals surface area contributed by atoms with Gasteiger partial charge in [-0.25, -0.2) is 4.79 Å². The number of hydrogen-bond acceptors (Lipinski definition) is 3. The van der Waals surface area contributed by atoms with Crippen LogP contribution in [0.1, 0.15) is 21.5 Å². The van der Waals surface area contributed by atoms with E-state index in [1.165, 1.54) is 6.07 Å². The Labute approximate surface area is 87.8 Å². The van der Waals surface area contributed by atoms with Crippen molar-refractivity contribution in [3.05, 3.63) is 34.9 Å². The summed E-state index contributed by atoms with van der Waals surface area (Å²) in [4.78, 5) is 22.1. The molecule has 6 heteroatoms. The lowest BCUT2D eigenvalue weighted by molar-refractivity contribution is -0.142. The molecule has 1 aromatic rings. The Hall–Kier alpha value is -1.85. The van der Waals surface area contributed by atoms with Crippen molar-refractivity contribution < 1.29 is 27.5 Å². The van der Waals surface area contributed by atoms with E-state index in [1.807, 2.05) is 0 Å². The fraction of sp³-hybridized carbons (Fsp3) is 0.200. The van der Waals surface area contributed by atoms with Gasteiger partial charge in [0.15, 0.2) is 0 Å². The highest BCUT2D eigenvalue weighted by Gasteiger charge is 2.39. The maximum absolute atomic E-state index is 12.6. The van der Waals surface area contributed by atoms with Crippen molar-refractivity contribution in [2.24, 2.45) is 0 Å². The Kier molecular flexibility index (Phi) is 2.22. The molecule has 16 heavy (non-hydrogen) atoms. The Morgan fingerprint density at radius 3 is 2.50 bits per heavy atom. The van der Waals surface area contributed by atoms with Crippen LogP contribution in [0.4, 0.5) is 13.2 Å². The molecule has 0 spiro atoms. The van der Waals surface area contributed by atoms with Gasteiger partial charge in [0.1, 0.15) is 0 Å². The smallest absolute Gasteiger partial charge is 0.389 e. The molecule has 2 rings (SSSR count). The highest BCUT2D eigenvalue weighted by Crippen LogP contribution is 2.35. The highest BCUT2D eigenvalue weighted by atomic mass is 19.4. The summed E-state index contributed by atoms with van der Waals surface area (Å²) in [5.41, 5.74) is -1.58. The number of hydrogen-bond donors (Lipinski definition) is 0. The zero-order chi connectivity index (χ0) is 11.9. The van der Waals surface area contributed by atoms with E-state index in [9.17, 15) is 22.8 Å². The van der Waals surface area contributed by atoms with Crippen molar-refractivity contribution in [1.29, 1.82) is 0 Å². The van der Waals surface area contributed by atoms with Gasteiger partial charge in [0.25, 0.3) is 0 Å². The van der Waals surface area contributed by atoms with E-state index in [0.29, 0.717) is 0 Å². The number of carbonyl (C=O) groups excluding carboxylic acids is 2. The zero-order valence-electron chi connectivity index (χ0n) is 7.80. The number of esters is 2. The number of alkyl halides is 3. The summed E-state index contributed by atoms with van der Waals surface area (Å²) in [7, 11) is 0. The van der Waals surface area contributed by atoms with Gasteiger partial charge in [-0.15, -0.1) is 0 Å². The number of fused-ring (bicyclic) bond motifs is 1. The van der Waals surface area contributed by atoms with Gasteiger partial charge in [-0.3, -0.25) is 4.79 Å². The second kappa shape index (κ2) is 3.33. The largest absolute Gasteiger partial charge is 0.417 e. The van der Waals surface area contributed by atoms with Crippen molar-refractivity contribution in [3.63, 3.8) is 0 Å². The maximum Gasteiger partial charge on any atom is 0.417 e. The van der Waals surface area contributed by atoms with E-state index in [4.69, 9.17) is 0 Å². The van der Waals surface area contributed by atoms with Gasteiger partial charge in [-0.2, -0.15) is 13.2 Å². The van der Waals surface area contributed by atoms with E-state index in [-0.39, 0.29) is 12.0 Å². The third-order valence-electron chi connectivity index (χ3n) is 2.20. The fourth-order valence-electron chi connectivity index (χ4n) is 1.57. The molecule has 0 N–H and O–H groups in total. The monoisotopic (exact) mass is 230 g/mol. The van der Waals surface area contributed by atoms with Crippen LogP contribution >= 0.6 is 0 Å². The van der Waals surface area contributed by atoms with Gasteiger partial charge >= 0.3 is 18.1 Å². The number of cyclic esters (lactones) is 2. The first-order valence-electron chi connectivity index (χ1n) is 4.33. The van der Waals surface area contributed by atoms with E-state index < -0.39 is 29.2 Å². The molecule has 0 atom stereocenters. The molecular weight excluding hydrogens is 225 g/mol. The minimum Gasteiger partial charge on any atom is -0.389 e. The van der Waals surface area contributed by atoms with Crippen molar-refractivity contribution in [2.45, 2.75) is 12.6 Å². The highest BCUT2D eigenvalue weighted by molar-refractivity contribution is 6.03. The van der Waals surface area contributed by atoms with Crippen LogP contribution in [0.5, 0.6) is 0 Å². The zero-order valence-corrected chi connectivity index (χ0v) is 7.80. The molecule has 0 radical (unpaired) electrons. The Morgan fingerprint density at radius 2 is 1.88 bits per heavy atom. The molecular formula is C10H5F3O3. The molecule has 84 valence electrons. The number of rotatable bonds is 0. The number of benzene rings is 1. The third kappa shape index (κ3) is 1.66. The van der Waals surface area contributed by atoms with Gasteiger partial charge in [-0.05, 0) is 11.6 Å². The molecule has 1 aromatic carbocycles. The first kappa shape index (κ1) is 10.7. The summed E-state index contributed by atoms with van der Waals surface area (Å²) < 4.78 is 41.8. The predicted molar refractivity (Wildman–Crippen MR) is 45.6 cm³/mol. The lowest BCUT2D eigenvalue weighted by Crippen LogP contribution is -2.26. The molecule has 0 fully saturated rings. The van der Waals surface area contributed by atoms with Crippen molar-refractivity contribution >= 4 is 11.9 Å². The van der Waals surface area contributed by atoms with Crippen LogP contribution in [-0.2, 0) is 22.1 Å². The van der Waals surface area contributed by atoms with Crippen molar-refractivity contribution in [2.75, 3.05) is 0 Å². The summed E-state index contributed by atoms with van der Waals surface area (Å²) in [6.45, 7) is 0. The van der Waals surface area contributed by atoms with Crippen LogP contribution < -0.4 is 0 Å². The minimum absolute atomic E-state index is 0.0519. The molecule has 0 saturated carbocycles. The molecule has 0 amide bonds. The standard InChI is InChI=1S/C10H5F3O3/c11-10(12,13)6-3-1-2-5-4-7(14)16-9(15)8(5)6/h1-3H,4H2. The minimum atomic E-state index is -4.63. The summed E-state index contributed by atoms with van der Waals surface area (Å²) >= 11 is 0. The molecule has 0 bridgehead atoms. The summed E-state index contributed by atoms with van der Waals surface area (Å²) in [6, 6.07) is 3.26. The topological polar surface area (TPSA) is 43.4 Å². The molecule has 0 saturated heterocycles. The average Bonchev–Trinajstić information content (AvgIpc) is 2.14. The van der Waals surface area contributed by atoms with Crippen LogP contribution in [0, 0.1) is 0 Å². The number of carbonyl (C=O) groups is 2. The molecule has 1 heterocycles. The van der Waals surface area contributed by atoms with Crippen molar-refractivity contribution in [3.8, 4) is 0 Å². The van der Waals surface area contributed by atoms with Gasteiger partial charge in [0.05, 0.1) is 17.5 Å². The molecule has 0 aliphatic carbocycles. The summed E-state index contributed by atoms with van der Waals surface area (Å²) in [5.74, 6) is -2.07. The molecule has 1 aliphatic heterocycles. The first-order chi connectivity index (χ1) is 7.39. The average molecular weight is 230 g/mol. The first-order valence-corrected chi connectivity index (χ1v) is 4.33. The van der Waals surface area contributed by atoms with Crippen LogP contribution in [-0.4, -0.2) is 11.9 Å². The fourth-order valence-corrected chi connectivity index (χ4v) is 1.57. The van der Waals surface area contributed by atoms with Gasteiger partial charge < -0.3 is 4.74 Å². The second-order valence-electron chi connectivity index (χ2n) is 3.28. The normalized spacial score (nSPS) is 15.7.